The molecule has 0 radical (unpaired) electrons. The second kappa shape index (κ2) is 4.70. The maximum Gasteiger partial charge on any atom is 0.194 e. The molecule has 0 unspecified atom stereocenters. The Morgan fingerprint density at radius 1 is 1.00 bits per heavy atom. The van der Waals surface area contributed by atoms with Crippen LogP contribution in [-0.4, -0.2) is 6.54 Å². The van der Waals surface area contributed by atoms with Crippen molar-refractivity contribution in [2.24, 2.45) is 0 Å². The fourth-order valence-electron chi connectivity index (χ4n) is 2.54. The highest BCUT2D eigenvalue weighted by Crippen LogP contribution is 2.30. The van der Waals surface area contributed by atoms with E-state index in [1.54, 1.807) is 0 Å². The molecular weight excluding hydrogens is 251 g/mol. The molecule has 0 saturated heterocycles. The molecule has 19 heavy (non-hydrogen) atoms. The molecular formula is C15H12F3N. The Morgan fingerprint density at radius 3 is 2.42 bits per heavy atom. The number of benzene rings is 2. The zero-order chi connectivity index (χ0) is 13.4. The lowest BCUT2D eigenvalue weighted by Crippen LogP contribution is -2.30. The van der Waals surface area contributed by atoms with Gasteiger partial charge in [-0.25, -0.2) is 13.2 Å². The van der Waals surface area contributed by atoms with Crippen LogP contribution in [-0.2, 0) is 6.42 Å². The summed E-state index contributed by atoms with van der Waals surface area (Å²) < 4.78 is 39.7. The second-order valence-electron chi connectivity index (χ2n) is 4.63. The molecule has 3 rings (SSSR count). The zero-order valence-electron chi connectivity index (χ0n) is 10.1. The first-order valence-electron chi connectivity index (χ1n) is 6.12. The van der Waals surface area contributed by atoms with Gasteiger partial charge in [0.15, 0.2) is 17.5 Å². The van der Waals surface area contributed by atoms with Crippen LogP contribution in [0.4, 0.5) is 13.2 Å². The Bertz CT molecular complexity index is 602. The molecule has 2 aromatic carbocycles. The number of hydrogen-bond donors (Lipinski definition) is 1. The summed E-state index contributed by atoms with van der Waals surface area (Å²) in [6.07, 6.45) is 0.874. The third kappa shape index (κ3) is 2.12. The van der Waals surface area contributed by atoms with Crippen molar-refractivity contribution in [2.75, 3.05) is 6.54 Å². The summed E-state index contributed by atoms with van der Waals surface area (Å²) in [4.78, 5) is 0. The van der Waals surface area contributed by atoms with Gasteiger partial charge in [-0.1, -0.05) is 24.3 Å². The predicted molar refractivity (Wildman–Crippen MR) is 66.3 cm³/mol. The second-order valence-corrected chi connectivity index (χ2v) is 4.63. The van der Waals surface area contributed by atoms with Crippen molar-refractivity contribution < 1.29 is 13.2 Å². The fourth-order valence-corrected chi connectivity index (χ4v) is 2.54. The molecule has 1 atom stereocenters. The molecule has 1 heterocycles. The van der Waals surface area contributed by atoms with Crippen LogP contribution in [0.15, 0.2) is 36.4 Å². The summed E-state index contributed by atoms with van der Waals surface area (Å²) in [5.41, 5.74) is 2.54. The van der Waals surface area contributed by atoms with Crippen LogP contribution in [0.5, 0.6) is 0 Å². The molecule has 98 valence electrons. The summed E-state index contributed by atoms with van der Waals surface area (Å²) in [7, 11) is 0. The highest BCUT2D eigenvalue weighted by Gasteiger charge is 2.23. The van der Waals surface area contributed by atoms with Crippen molar-refractivity contribution in [3.8, 4) is 0 Å². The van der Waals surface area contributed by atoms with Gasteiger partial charge in [0.25, 0.3) is 0 Å². The summed E-state index contributed by atoms with van der Waals surface area (Å²) >= 11 is 0. The molecule has 0 saturated carbocycles. The van der Waals surface area contributed by atoms with E-state index in [1.165, 1.54) is 0 Å². The molecule has 0 spiro atoms. The van der Waals surface area contributed by atoms with Crippen molar-refractivity contribution in [3.05, 3.63) is 70.5 Å². The van der Waals surface area contributed by atoms with Gasteiger partial charge in [-0.15, -0.1) is 0 Å². The van der Waals surface area contributed by atoms with Gasteiger partial charge in [0.2, 0.25) is 0 Å². The number of rotatable bonds is 1. The number of nitrogens with one attached hydrogen (secondary N) is 1. The SMILES string of the molecule is Fc1cc([C@H]2NCCc3ccccc32)cc(F)c1F. The maximum atomic E-state index is 13.3. The standard InChI is InChI=1S/C15H12F3N/c16-12-7-10(8-13(17)14(12)18)15-11-4-2-1-3-9(11)5-6-19-15/h1-4,7-8,15,19H,5-6H2/t15-/m1/s1. The molecule has 1 N–H and O–H groups in total. The van der Waals surface area contributed by atoms with Crippen LogP contribution in [0.1, 0.15) is 22.7 Å². The van der Waals surface area contributed by atoms with Crippen LogP contribution in [0.2, 0.25) is 0 Å². The van der Waals surface area contributed by atoms with Crippen molar-refractivity contribution in [3.63, 3.8) is 0 Å². The van der Waals surface area contributed by atoms with Gasteiger partial charge in [-0.2, -0.15) is 0 Å². The van der Waals surface area contributed by atoms with Gasteiger partial charge >= 0.3 is 0 Å². The minimum Gasteiger partial charge on any atom is -0.306 e. The number of halogens is 3. The zero-order valence-corrected chi connectivity index (χ0v) is 10.1. The van der Waals surface area contributed by atoms with E-state index in [9.17, 15) is 13.2 Å². The van der Waals surface area contributed by atoms with Crippen molar-refractivity contribution >= 4 is 0 Å². The molecule has 0 bridgehead atoms. The molecule has 0 aromatic heterocycles. The normalized spacial score (nSPS) is 18.2. The first kappa shape index (κ1) is 12.2. The summed E-state index contributed by atoms with van der Waals surface area (Å²) in [6, 6.07) is 9.55. The third-order valence-corrected chi connectivity index (χ3v) is 3.45. The minimum atomic E-state index is -1.42. The quantitative estimate of drug-likeness (QED) is 0.778. The first-order valence-corrected chi connectivity index (χ1v) is 6.12. The molecule has 4 heteroatoms. The van der Waals surface area contributed by atoms with E-state index < -0.39 is 17.5 Å². The van der Waals surface area contributed by atoms with Gasteiger partial charge in [0.1, 0.15) is 0 Å². The Kier molecular flexibility index (Phi) is 3.03. The van der Waals surface area contributed by atoms with Gasteiger partial charge in [-0.05, 0) is 35.2 Å². The smallest absolute Gasteiger partial charge is 0.194 e. The third-order valence-electron chi connectivity index (χ3n) is 3.45. The average molecular weight is 263 g/mol. The van der Waals surface area contributed by atoms with Gasteiger partial charge in [-0.3, -0.25) is 0 Å². The van der Waals surface area contributed by atoms with Gasteiger partial charge in [0, 0.05) is 6.54 Å². The van der Waals surface area contributed by atoms with Crippen LogP contribution in [0, 0.1) is 17.5 Å². The summed E-state index contributed by atoms with van der Waals surface area (Å²) in [5, 5.41) is 3.21. The highest BCUT2D eigenvalue weighted by atomic mass is 19.2. The van der Waals surface area contributed by atoms with Gasteiger partial charge < -0.3 is 5.32 Å². The lowest BCUT2D eigenvalue weighted by atomic mass is 9.90. The molecule has 1 aliphatic rings. The van der Waals surface area contributed by atoms with E-state index in [0.29, 0.717) is 5.56 Å². The molecule has 0 fully saturated rings. The van der Waals surface area contributed by atoms with E-state index in [2.05, 4.69) is 5.32 Å². The minimum absolute atomic E-state index is 0.297. The summed E-state index contributed by atoms with van der Waals surface area (Å²) in [5.74, 6) is -3.73. The molecule has 1 aliphatic heterocycles. The van der Waals surface area contributed by atoms with E-state index >= 15 is 0 Å². The Labute approximate surface area is 109 Å². The first-order chi connectivity index (χ1) is 9.16. The Balaban J connectivity index is 2.09. The predicted octanol–water partition coefficient (Wildman–Crippen LogP) is 3.34. The topological polar surface area (TPSA) is 12.0 Å². The Hall–Kier alpha value is -1.81. The van der Waals surface area contributed by atoms with Crippen LogP contribution in [0.3, 0.4) is 0 Å². The molecule has 0 aliphatic carbocycles. The van der Waals surface area contributed by atoms with Crippen molar-refractivity contribution in [1.82, 2.24) is 5.32 Å². The molecule has 2 aromatic rings. The van der Waals surface area contributed by atoms with E-state index in [-0.39, 0.29) is 6.04 Å². The summed E-state index contributed by atoms with van der Waals surface area (Å²) in [6.45, 7) is 0.724. The van der Waals surface area contributed by atoms with Crippen molar-refractivity contribution in [1.29, 1.82) is 0 Å². The number of hydrogen-bond acceptors (Lipinski definition) is 1. The van der Waals surface area contributed by atoms with Crippen LogP contribution < -0.4 is 5.32 Å². The number of fused-ring (bicyclic) bond motifs is 1. The monoisotopic (exact) mass is 263 g/mol. The lowest BCUT2D eigenvalue weighted by Gasteiger charge is -2.27. The van der Waals surface area contributed by atoms with Gasteiger partial charge in [0.05, 0.1) is 6.04 Å². The lowest BCUT2D eigenvalue weighted by molar-refractivity contribution is 0.441. The maximum absolute atomic E-state index is 13.3. The highest BCUT2D eigenvalue weighted by molar-refractivity contribution is 5.39. The fraction of sp³-hybridized carbons (Fsp3) is 0.200. The largest absolute Gasteiger partial charge is 0.306 e. The van der Waals surface area contributed by atoms with E-state index in [0.717, 1.165) is 36.2 Å². The van der Waals surface area contributed by atoms with Crippen molar-refractivity contribution in [2.45, 2.75) is 12.5 Å². The molecule has 0 amide bonds. The van der Waals surface area contributed by atoms with E-state index in [4.69, 9.17) is 0 Å². The van der Waals surface area contributed by atoms with E-state index in [1.807, 2.05) is 24.3 Å². The van der Waals surface area contributed by atoms with Crippen LogP contribution >= 0.6 is 0 Å². The Morgan fingerprint density at radius 2 is 1.68 bits per heavy atom. The average Bonchev–Trinajstić information content (AvgIpc) is 2.43. The van der Waals surface area contributed by atoms with Crippen LogP contribution in [0.25, 0.3) is 0 Å². The molecule has 1 nitrogen and oxygen atoms in total.